The molecule has 0 heterocycles. The van der Waals surface area contributed by atoms with Crippen molar-refractivity contribution >= 4 is 11.6 Å². The Kier molecular flexibility index (Phi) is 3.93. The van der Waals surface area contributed by atoms with Gasteiger partial charge in [0.2, 0.25) is 0 Å². The van der Waals surface area contributed by atoms with Crippen LogP contribution in [0.3, 0.4) is 0 Å². The standard InChI is InChI=1S/C21H22O2/c1-14-4-8-16(9-5-14)18-12-20(23)21(3,13-19(18)22)17-10-6-15(2)7-11-17/h4-11,18H,12-13H2,1-3H3. The number of carbonyl (C=O) groups excluding carboxylic acids is 2. The number of Topliss-reactive ketones (excluding diaryl/α,β-unsaturated/α-hetero) is 2. The van der Waals surface area contributed by atoms with Crippen molar-refractivity contribution in [3.8, 4) is 0 Å². The second kappa shape index (κ2) is 5.77. The zero-order chi connectivity index (χ0) is 16.6. The first-order valence-corrected chi connectivity index (χ1v) is 8.10. The van der Waals surface area contributed by atoms with Gasteiger partial charge in [0.25, 0.3) is 0 Å². The Labute approximate surface area is 137 Å². The van der Waals surface area contributed by atoms with Crippen LogP contribution in [0.5, 0.6) is 0 Å². The zero-order valence-corrected chi connectivity index (χ0v) is 13.9. The zero-order valence-electron chi connectivity index (χ0n) is 13.9. The molecule has 2 aromatic rings. The van der Waals surface area contributed by atoms with Crippen LogP contribution in [0.15, 0.2) is 48.5 Å². The van der Waals surface area contributed by atoms with Gasteiger partial charge in [-0.05, 0) is 31.9 Å². The summed E-state index contributed by atoms with van der Waals surface area (Å²) in [4.78, 5) is 25.6. The van der Waals surface area contributed by atoms with E-state index in [0.717, 1.165) is 22.3 Å². The summed E-state index contributed by atoms with van der Waals surface area (Å²) in [5, 5.41) is 0. The van der Waals surface area contributed by atoms with Crippen LogP contribution in [0, 0.1) is 13.8 Å². The molecule has 0 aliphatic heterocycles. The van der Waals surface area contributed by atoms with Gasteiger partial charge >= 0.3 is 0 Å². The lowest BCUT2D eigenvalue weighted by molar-refractivity contribution is -0.135. The smallest absolute Gasteiger partial charge is 0.144 e. The van der Waals surface area contributed by atoms with E-state index in [2.05, 4.69) is 0 Å². The molecule has 2 nitrogen and oxygen atoms in total. The van der Waals surface area contributed by atoms with Crippen LogP contribution < -0.4 is 0 Å². The SMILES string of the molecule is Cc1ccc(C2CC(=O)C(C)(c3ccc(C)cc3)CC2=O)cc1. The molecule has 2 unspecified atom stereocenters. The van der Waals surface area contributed by atoms with Crippen LogP contribution in [0.4, 0.5) is 0 Å². The van der Waals surface area contributed by atoms with E-state index < -0.39 is 5.41 Å². The van der Waals surface area contributed by atoms with Gasteiger partial charge in [-0.2, -0.15) is 0 Å². The summed E-state index contributed by atoms with van der Waals surface area (Å²) >= 11 is 0. The van der Waals surface area contributed by atoms with Crippen molar-refractivity contribution in [1.29, 1.82) is 0 Å². The van der Waals surface area contributed by atoms with Crippen molar-refractivity contribution in [1.82, 2.24) is 0 Å². The summed E-state index contributed by atoms with van der Waals surface area (Å²) in [7, 11) is 0. The third-order valence-corrected chi connectivity index (χ3v) is 5.09. The highest BCUT2D eigenvalue weighted by Crippen LogP contribution is 2.40. The molecule has 1 fully saturated rings. The monoisotopic (exact) mass is 306 g/mol. The predicted octanol–water partition coefficient (Wildman–Crippen LogP) is 4.28. The molecule has 0 N–H and O–H groups in total. The fourth-order valence-corrected chi connectivity index (χ4v) is 3.38. The van der Waals surface area contributed by atoms with Gasteiger partial charge < -0.3 is 0 Å². The Hall–Kier alpha value is -2.22. The van der Waals surface area contributed by atoms with Crippen molar-refractivity contribution in [2.75, 3.05) is 0 Å². The predicted molar refractivity (Wildman–Crippen MR) is 91.7 cm³/mol. The highest BCUT2D eigenvalue weighted by molar-refractivity contribution is 6.04. The Morgan fingerprint density at radius 3 is 1.96 bits per heavy atom. The molecule has 0 saturated heterocycles. The third-order valence-electron chi connectivity index (χ3n) is 5.09. The summed E-state index contributed by atoms with van der Waals surface area (Å²) in [6.45, 7) is 5.95. The van der Waals surface area contributed by atoms with Gasteiger partial charge in [-0.15, -0.1) is 0 Å². The molecule has 3 rings (SSSR count). The second-order valence-corrected chi connectivity index (χ2v) is 6.93. The van der Waals surface area contributed by atoms with Gasteiger partial charge in [0, 0.05) is 18.8 Å². The van der Waals surface area contributed by atoms with Crippen molar-refractivity contribution in [3.63, 3.8) is 0 Å². The van der Waals surface area contributed by atoms with Crippen molar-refractivity contribution < 1.29 is 9.59 Å². The van der Waals surface area contributed by atoms with E-state index in [4.69, 9.17) is 0 Å². The third kappa shape index (κ3) is 2.86. The lowest BCUT2D eigenvalue weighted by Gasteiger charge is -2.35. The average molecular weight is 306 g/mol. The summed E-state index contributed by atoms with van der Waals surface area (Å²) in [5.41, 5.74) is 3.53. The molecule has 0 bridgehead atoms. The van der Waals surface area contributed by atoms with E-state index in [1.54, 1.807) is 0 Å². The topological polar surface area (TPSA) is 34.1 Å². The summed E-state index contributed by atoms with van der Waals surface area (Å²) < 4.78 is 0. The Morgan fingerprint density at radius 2 is 1.39 bits per heavy atom. The van der Waals surface area contributed by atoms with Gasteiger partial charge in [0.05, 0.1) is 5.41 Å². The van der Waals surface area contributed by atoms with Crippen molar-refractivity contribution in [2.45, 2.75) is 44.9 Å². The van der Waals surface area contributed by atoms with E-state index in [1.165, 1.54) is 0 Å². The van der Waals surface area contributed by atoms with Crippen molar-refractivity contribution in [3.05, 3.63) is 70.8 Å². The fourth-order valence-electron chi connectivity index (χ4n) is 3.38. The van der Waals surface area contributed by atoms with E-state index in [-0.39, 0.29) is 23.9 Å². The maximum absolute atomic E-state index is 12.8. The normalized spacial score (nSPS) is 24.7. The second-order valence-electron chi connectivity index (χ2n) is 6.93. The van der Waals surface area contributed by atoms with Crippen LogP contribution in [0.1, 0.15) is 47.9 Å². The lowest BCUT2D eigenvalue weighted by atomic mass is 9.65. The van der Waals surface area contributed by atoms with E-state index >= 15 is 0 Å². The van der Waals surface area contributed by atoms with Gasteiger partial charge in [-0.25, -0.2) is 0 Å². The first-order valence-electron chi connectivity index (χ1n) is 8.10. The van der Waals surface area contributed by atoms with Crippen molar-refractivity contribution in [2.24, 2.45) is 0 Å². The molecule has 0 radical (unpaired) electrons. The Balaban J connectivity index is 1.90. The molecule has 1 aliphatic carbocycles. The molecule has 0 spiro atoms. The molecule has 1 aliphatic rings. The summed E-state index contributed by atoms with van der Waals surface area (Å²) in [5.74, 6) is 0.0321. The maximum Gasteiger partial charge on any atom is 0.144 e. The first kappa shape index (κ1) is 15.7. The molecule has 0 amide bonds. The number of ketones is 2. The molecule has 2 aromatic carbocycles. The number of carbonyl (C=O) groups is 2. The van der Waals surface area contributed by atoms with Crippen LogP contribution in [0.2, 0.25) is 0 Å². The minimum atomic E-state index is -0.689. The number of aryl methyl sites for hydroxylation is 2. The summed E-state index contributed by atoms with van der Waals surface area (Å²) in [6.07, 6.45) is 0.583. The van der Waals surface area contributed by atoms with Gasteiger partial charge in [-0.3, -0.25) is 9.59 Å². The average Bonchev–Trinajstić information content (AvgIpc) is 2.52. The molecule has 2 atom stereocenters. The Morgan fingerprint density at radius 1 is 0.870 bits per heavy atom. The largest absolute Gasteiger partial charge is 0.299 e. The Bertz CT molecular complexity index is 740. The minimum Gasteiger partial charge on any atom is -0.299 e. The number of benzene rings is 2. The molecule has 2 heteroatoms. The van der Waals surface area contributed by atoms with Crippen LogP contribution in [-0.4, -0.2) is 11.6 Å². The quantitative estimate of drug-likeness (QED) is 0.830. The molecule has 1 saturated carbocycles. The van der Waals surface area contributed by atoms with Gasteiger partial charge in [0.15, 0.2) is 0 Å². The number of hydrogen-bond donors (Lipinski definition) is 0. The molecular weight excluding hydrogens is 284 g/mol. The highest BCUT2D eigenvalue weighted by atomic mass is 16.1. The minimum absolute atomic E-state index is 0.159. The summed E-state index contributed by atoms with van der Waals surface area (Å²) in [6, 6.07) is 15.9. The number of rotatable bonds is 2. The van der Waals surface area contributed by atoms with E-state index in [0.29, 0.717) is 6.42 Å². The van der Waals surface area contributed by atoms with Crippen LogP contribution in [0.25, 0.3) is 0 Å². The fraction of sp³-hybridized carbons (Fsp3) is 0.333. The molecule has 23 heavy (non-hydrogen) atoms. The lowest BCUT2D eigenvalue weighted by Crippen LogP contribution is -2.42. The van der Waals surface area contributed by atoms with E-state index in [9.17, 15) is 9.59 Å². The van der Waals surface area contributed by atoms with Crippen LogP contribution in [-0.2, 0) is 15.0 Å². The maximum atomic E-state index is 12.8. The molecule has 118 valence electrons. The van der Waals surface area contributed by atoms with Gasteiger partial charge in [-0.1, -0.05) is 59.7 Å². The van der Waals surface area contributed by atoms with E-state index in [1.807, 2.05) is 69.3 Å². The first-order chi connectivity index (χ1) is 10.9. The number of hydrogen-bond acceptors (Lipinski definition) is 2. The molecular formula is C21H22O2. The highest BCUT2D eigenvalue weighted by Gasteiger charge is 2.44. The van der Waals surface area contributed by atoms with Crippen LogP contribution >= 0.6 is 0 Å². The molecule has 0 aromatic heterocycles. The van der Waals surface area contributed by atoms with Gasteiger partial charge in [0.1, 0.15) is 11.6 Å².